The van der Waals surface area contributed by atoms with E-state index in [-0.39, 0.29) is 24.3 Å². The molecular formula is C27H23N5O4S2. The fourth-order valence-electron chi connectivity index (χ4n) is 4.60. The molecule has 2 aromatic carbocycles. The standard InChI is InChI=1S/C27H23N5O4S2/c28-14-20-26(31-10-8-30(9-11-31)15-18-4-2-1-3-5-18)36-24(29-20)13-23-25(33)32(27(37)38-23)16-19-6-7-21-22(12-19)35-17-34-21/h1-7,12-13H,8-11,15-17H2/b23-13+. The van der Waals surface area contributed by atoms with E-state index in [1.165, 1.54) is 22.2 Å². The summed E-state index contributed by atoms with van der Waals surface area (Å²) >= 11 is 6.67. The minimum Gasteiger partial charge on any atom is -0.454 e. The lowest BCUT2D eigenvalue weighted by atomic mass is 10.2. The Labute approximate surface area is 229 Å². The summed E-state index contributed by atoms with van der Waals surface area (Å²) in [5, 5.41) is 9.69. The molecule has 0 saturated carbocycles. The summed E-state index contributed by atoms with van der Waals surface area (Å²) in [5.41, 5.74) is 2.36. The predicted molar refractivity (Wildman–Crippen MR) is 146 cm³/mol. The Hall–Kier alpha value is -3.85. The van der Waals surface area contributed by atoms with Crippen LogP contribution in [0.25, 0.3) is 6.08 Å². The number of hydrogen-bond donors (Lipinski definition) is 0. The van der Waals surface area contributed by atoms with E-state index in [0.29, 0.717) is 46.2 Å². The molecule has 3 aromatic rings. The van der Waals surface area contributed by atoms with Gasteiger partial charge in [-0.2, -0.15) is 10.2 Å². The second-order valence-electron chi connectivity index (χ2n) is 9.02. The van der Waals surface area contributed by atoms with Gasteiger partial charge < -0.3 is 18.8 Å². The highest BCUT2D eigenvalue weighted by Crippen LogP contribution is 2.37. The summed E-state index contributed by atoms with van der Waals surface area (Å²) in [6.45, 7) is 4.50. The maximum Gasteiger partial charge on any atom is 0.266 e. The van der Waals surface area contributed by atoms with Crippen LogP contribution in [0.1, 0.15) is 22.7 Å². The fraction of sp³-hybridized carbons (Fsp3) is 0.259. The Morgan fingerprint density at radius 2 is 1.82 bits per heavy atom. The topological polar surface area (TPSA) is 95.1 Å². The van der Waals surface area contributed by atoms with Gasteiger partial charge in [-0.1, -0.05) is 60.4 Å². The van der Waals surface area contributed by atoms with Crippen LogP contribution in [0.4, 0.5) is 5.88 Å². The van der Waals surface area contributed by atoms with Gasteiger partial charge in [0.05, 0.1) is 11.4 Å². The average molecular weight is 546 g/mol. The monoisotopic (exact) mass is 545 g/mol. The van der Waals surface area contributed by atoms with Crippen molar-refractivity contribution in [3.63, 3.8) is 0 Å². The van der Waals surface area contributed by atoms with Gasteiger partial charge >= 0.3 is 0 Å². The number of amides is 1. The maximum absolute atomic E-state index is 13.2. The van der Waals surface area contributed by atoms with Gasteiger partial charge in [-0.15, -0.1) is 0 Å². The molecule has 0 aliphatic carbocycles. The zero-order chi connectivity index (χ0) is 26.1. The summed E-state index contributed by atoms with van der Waals surface area (Å²) in [7, 11) is 0. The van der Waals surface area contributed by atoms with Gasteiger partial charge in [0.15, 0.2) is 11.5 Å². The number of carbonyl (C=O) groups excluding carboxylic acids is 1. The fourth-order valence-corrected chi connectivity index (χ4v) is 5.82. The van der Waals surface area contributed by atoms with E-state index in [2.05, 4.69) is 28.1 Å². The molecule has 0 spiro atoms. The molecule has 0 N–H and O–H groups in total. The van der Waals surface area contributed by atoms with Crippen molar-refractivity contribution >= 4 is 46.2 Å². The minimum atomic E-state index is -0.231. The number of anilines is 1. The minimum absolute atomic E-state index is 0.189. The lowest BCUT2D eigenvalue weighted by Gasteiger charge is -2.34. The summed E-state index contributed by atoms with van der Waals surface area (Å²) in [5.74, 6) is 1.76. The Morgan fingerprint density at radius 1 is 1.03 bits per heavy atom. The lowest BCUT2D eigenvalue weighted by Crippen LogP contribution is -2.46. The third-order valence-electron chi connectivity index (χ3n) is 6.55. The van der Waals surface area contributed by atoms with Crippen molar-refractivity contribution in [2.45, 2.75) is 13.1 Å². The molecule has 6 rings (SSSR count). The Morgan fingerprint density at radius 3 is 2.61 bits per heavy atom. The van der Waals surface area contributed by atoms with Crippen molar-refractivity contribution in [1.29, 1.82) is 5.26 Å². The predicted octanol–water partition coefficient (Wildman–Crippen LogP) is 4.00. The Kier molecular flexibility index (Phi) is 6.76. The molecule has 9 nitrogen and oxygen atoms in total. The summed E-state index contributed by atoms with van der Waals surface area (Å²) in [6.07, 6.45) is 1.56. The van der Waals surface area contributed by atoms with E-state index in [1.807, 2.05) is 41.3 Å². The normalized spacial score (nSPS) is 18.4. The molecule has 3 aliphatic rings. The van der Waals surface area contributed by atoms with Crippen LogP contribution in [0, 0.1) is 11.3 Å². The molecule has 192 valence electrons. The number of oxazole rings is 1. The third kappa shape index (κ3) is 4.98. The van der Waals surface area contributed by atoms with E-state index in [0.717, 1.165) is 25.2 Å². The van der Waals surface area contributed by atoms with E-state index in [1.54, 1.807) is 6.08 Å². The van der Waals surface area contributed by atoms with Crippen LogP contribution >= 0.6 is 24.0 Å². The number of ether oxygens (including phenoxy) is 2. The largest absolute Gasteiger partial charge is 0.454 e. The van der Waals surface area contributed by atoms with Crippen molar-refractivity contribution in [2.75, 3.05) is 37.9 Å². The average Bonchev–Trinajstić information content (AvgIpc) is 3.64. The first-order chi connectivity index (χ1) is 18.6. The first-order valence-corrected chi connectivity index (χ1v) is 13.4. The molecule has 11 heteroatoms. The zero-order valence-electron chi connectivity index (χ0n) is 20.3. The SMILES string of the molecule is N#Cc1nc(/C=C2/SC(=S)N(Cc3ccc4c(c3)OCO4)C2=O)oc1N1CCN(Cc2ccccc2)CC1. The summed E-state index contributed by atoms with van der Waals surface area (Å²) < 4.78 is 17.2. The number of fused-ring (bicyclic) bond motifs is 1. The van der Waals surface area contributed by atoms with Crippen molar-refractivity contribution < 1.29 is 18.7 Å². The molecule has 2 saturated heterocycles. The van der Waals surface area contributed by atoms with Gasteiger partial charge in [0, 0.05) is 38.8 Å². The number of thiocarbonyl (C=S) groups is 1. The second kappa shape index (κ2) is 10.5. The number of benzene rings is 2. The van der Waals surface area contributed by atoms with E-state index in [9.17, 15) is 10.1 Å². The Balaban J connectivity index is 1.13. The summed E-state index contributed by atoms with van der Waals surface area (Å²) in [4.78, 5) is 23.8. The molecular weight excluding hydrogens is 522 g/mol. The van der Waals surface area contributed by atoms with Gasteiger partial charge in [0.25, 0.3) is 5.91 Å². The second-order valence-corrected chi connectivity index (χ2v) is 10.7. The molecule has 0 radical (unpaired) electrons. The Bertz CT molecular complexity index is 1460. The third-order valence-corrected chi connectivity index (χ3v) is 7.92. The smallest absolute Gasteiger partial charge is 0.266 e. The molecule has 0 bridgehead atoms. The van der Waals surface area contributed by atoms with Crippen LogP contribution in [-0.4, -0.2) is 58.0 Å². The van der Waals surface area contributed by atoms with Gasteiger partial charge in [0.2, 0.25) is 24.3 Å². The number of piperazine rings is 1. The van der Waals surface area contributed by atoms with Crippen LogP contribution in [0.2, 0.25) is 0 Å². The number of rotatable bonds is 6. The number of hydrogen-bond acceptors (Lipinski definition) is 10. The number of nitrogens with zero attached hydrogens (tertiary/aromatic N) is 5. The first-order valence-electron chi connectivity index (χ1n) is 12.1. The molecule has 1 amide bonds. The number of aromatic nitrogens is 1. The number of carbonyl (C=O) groups is 1. The molecule has 4 heterocycles. The van der Waals surface area contributed by atoms with E-state index >= 15 is 0 Å². The van der Waals surface area contributed by atoms with Crippen molar-refractivity contribution in [1.82, 2.24) is 14.8 Å². The molecule has 2 fully saturated rings. The van der Waals surface area contributed by atoms with Gasteiger partial charge in [-0.25, -0.2) is 0 Å². The number of nitriles is 1. The molecule has 38 heavy (non-hydrogen) atoms. The van der Waals surface area contributed by atoms with E-state index in [4.69, 9.17) is 26.1 Å². The molecule has 3 aliphatic heterocycles. The van der Waals surface area contributed by atoms with Gasteiger partial charge in [-0.05, 0) is 23.3 Å². The van der Waals surface area contributed by atoms with Crippen molar-refractivity contribution in [3.05, 3.63) is 76.1 Å². The first kappa shape index (κ1) is 24.5. The quantitative estimate of drug-likeness (QED) is 0.334. The highest BCUT2D eigenvalue weighted by Gasteiger charge is 2.33. The zero-order valence-corrected chi connectivity index (χ0v) is 22.0. The molecule has 0 atom stereocenters. The highest BCUT2D eigenvalue weighted by molar-refractivity contribution is 8.26. The molecule has 0 unspecified atom stereocenters. The van der Waals surface area contributed by atoms with Gasteiger partial charge in [-0.3, -0.25) is 14.6 Å². The lowest BCUT2D eigenvalue weighted by molar-refractivity contribution is -0.122. The number of thioether (sulfide) groups is 1. The van der Waals surface area contributed by atoms with Crippen LogP contribution in [0.15, 0.2) is 57.9 Å². The summed E-state index contributed by atoms with van der Waals surface area (Å²) in [6, 6.07) is 18.1. The van der Waals surface area contributed by atoms with Gasteiger partial charge in [0.1, 0.15) is 10.4 Å². The van der Waals surface area contributed by atoms with Crippen LogP contribution in [0.3, 0.4) is 0 Å². The maximum atomic E-state index is 13.2. The van der Waals surface area contributed by atoms with Crippen LogP contribution in [0.5, 0.6) is 11.5 Å². The van der Waals surface area contributed by atoms with Crippen molar-refractivity contribution in [2.24, 2.45) is 0 Å². The van der Waals surface area contributed by atoms with Crippen LogP contribution < -0.4 is 14.4 Å². The van der Waals surface area contributed by atoms with Crippen molar-refractivity contribution in [3.8, 4) is 17.6 Å². The highest BCUT2D eigenvalue weighted by atomic mass is 32.2. The van der Waals surface area contributed by atoms with Crippen LogP contribution in [-0.2, 0) is 17.9 Å². The van der Waals surface area contributed by atoms with E-state index < -0.39 is 0 Å². The molecule has 1 aromatic heterocycles.